The van der Waals surface area contributed by atoms with E-state index in [2.05, 4.69) is 9.57 Å². The number of nitrogens with two attached hydrogens (primary N) is 2. The van der Waals surface area contributed by atoms with Crippen molar-refractivity contribution in [2.75, 3.05) is 19.6 Å². The third-order valence-corrected chi connectivity index (χ3v) is 2.66. The van der Waals surface area contributed by atoms with Gasteiger partial charge in [0, 0.05) is 6.10 Å². The van der Waals surface area contributed by atoms with Crippen molar-refractivity contribution in [2.24, 2.45) is 5.92 Å². The van der Waals surface area contributed by atoms with Crippen molar-refractivity contribution in [1.29, 1.82) is 0 Å². The van der Waals surface area contributed by atoms with E-state index >= 15 is 0 Å². The van der Waals surface area contributed by atoms with Crippen LogP contribution < -0.4 is 4.89 Å². The molecule has 23 heavy (non-hydrogen) atoms. The first-order valence-electron chi connectivity index (χ1n) is 5.91. The van der Waals surface area contributed by atoms with Crippen LogP contribution in [0, 0.1) is 5.92 Å². The van der Waals surface area contributed by atoms with Crippen LogP contribution in [-0.4, -0.2) is 51.9 Å². The zero-order valence-electron chi connectivity index (χ0n) is 12.9. The molecule has 11 nitrogen and oxygen atoms in total. The van der Waals surface area contributed by atoms with Gasteiger partial charge in [-0.15, -0.1) is 0 Å². The van der Waals surface area contributed by atoms with E-state index in [1.54, 1.807) is 0 Å². The van der Waals surface area contributed by atoms with E-state index in [1.807, 2.05) is 13.8 Å². The Morgan fingerprint density at radius 3 is 1.87 bits per heavy atom. The molecule has 2 unspecified atom stereocenters. The number of carbonyl (C=O) groups is 2. The minimum Gasteiger partial charge on any atom is -0.693 e. The zero-order valence-corrected chi connectivity index (χ0v) is 16.0. The van der Waals surface area contributed by atoms with Gasteiger partial charge in [0.25, 0.3) is 0 Å². The third-order valence-electron chi connectivity index (χ3n) is 2.53. The fraction of sp³-hybridized carbons (Fsp3) is 0.800. The van der Waals surface area contributed by atoms with Gasteiger partial charge in [0.1, 0.15) is 0 Å². The van der Waals surface area contributed by atoms with Crippen molar-refractivity contribution in [3.05, 3.63) is 12.3 Å². The van der Waals surface area contributed by atoms with Crippen LogP contribution in [0.1, 0.15) is 28.1 Å². The van der Waals surface area contributed by atoms with Crippen molar-refractivity contribution in [2.45, 2.75) is 26.7 Å². The number of aliphatic carboxylic acids is 2. The zero-order chi connectivity index (χ0) is 16.1. The molecule has 0 heterocycles. The van der Waals surface area contributed by atoms with E-state index in [0.29, 0.717) is 13.0 Å². The molecule has 0 aromatic rings. The van der Waals surface area contributed by atoms with Crippen LogP contribution in [0.2, 0.25) is 0 Å². The molecule has 0 spiro atoms. The Morgan fingerprint density at radius 1 is 1.26 bits per heavy atom. The van der Waals surface area contributed by atoms with Crippen LogP contribution in [0.3, 0.4) is 0 Å². The molecule has 2 atom stereocenters. The average Bonchev–Trinajstić information content (AvgIpc) is 2.38. The number of hydrogen-bond acceptors (Lipinski definition) is 7. The number of rotatable bonds is 9. The molecule has 7 N–H and O–H groups in total. The first kappa shape index (κ1) is 34.0. The summed E-state index contributed by atoms with van der Waals surface area (Å²) < 4.78 is 11.6. The third kappa shape index (κ3) is 23.9. The summed E-state index contributed by atoms with van der Waals surface area (Å²) >= 11 is 0. The fourth-order valence-electron chi connectivity index (χ4n) is 1.40. The van der Waals surface area contributed by atoms with Crippen LogP contribution in [0.4, 0.5) is 0 Å². The minimum absolute atomic E-state index is 0. The van der Waals surface area contributed by atoms with Crippen molar-refractivity contribution in [1.82, 2.24) is 4.90 Å². The summed E-state index contributed by atoms with van der Waals surface area (Å²) in [5.74, 6) is -2.85. The monoisotopic (exact) mass is 542 g/mol. The maximum atomic E-state index is 10.7. The summed E-state index contributed by atoms with van der Waals surface area (Å²) in [5, 5.41) is 24.4. The summed E-state index contributed by atoms with van der Waals surface area (Å²) in [6.07, 6.45) is 0.0971. The van der Waals surface area contributed by atoms with Crippen LogP contribution in [0.25, 0.3) is 12.3 Å². The molecule has 0 aromatic carbocycles. The molecule has 0 aliphatic heterocycles. The summed E-state index contributed by atoms with van der Waals surface area (Å²) in [7, 11) is -3.04. The van der Waals surface area contributed by atoms with Crippen molar-refractivity contribution < 1.29 is 61.7 Å². The van der Waals surface area contributed by atoms with Gasteiger partial charge in [-0.25, -0.2) is 5.26 Å². The minimum atomic E-state index is -3.04. The van der Waals surface area contributed by atoms with Gasteiger partial charge in [-0.3, -0.25) is 9.59 Å². The molecule has 0 bridgehead atoms. The largest absolute Gasteiger partial charge is 2.00 e. The predicted molar refractivity (Wildman–Crippen MR) is 79.8 cm³/mol. The number of nitrogens with zero attached hydrogens (tertiary/aromatic N) is 1. The SMILES string of the molecule is CCN(CC)CCC(CC(=O)O)C(=O)O.O=[P+]([O-])OO.[HH].[NH2-].[NH2-].[Pt+2]. The molecule has 0 aromatic heterocycles. The second kappa shape index (κ2) is 21.5. The smallest absolute Gasteiger partial charge is 0.693 e. The average molecular weight is 542 g/mol. The van der Waals surface area contributed by atoms with E-state index in [1.165, 1.54) is 0 Å². The Balaban J connectivity index is -0.0000000795. The molecule has 13 heteroatoms. The van der Waals surface area contributed by atoms with Crippen molar-refractivity contribution in [3.8, 4) is 0 Å². The molecule has 0 aliphatic carbocycles. The summed E-state index contributed by atoms with van der Waals surface area (Å²) in [4.78, 5) is 32.2. The Labute approximate surface area is 151 Å². The van der Waals surface area contributed by atoms with Gasteiger partial charge in [-0.2, -0.15) is 0 Å². The van der Waals surface area contributed by atoms with E-state index in [0.717, 1.165) is 13.1 Å². The van der Waals surface area contributed by atoms with Crippen LogP contribution in [0.5, 0.6) is 0 Å². The van der Waals surface area contributed by atoms with Gasteiger partial charge in [0.05, 0.1) is 12.3 Å². The van der Waals surface area contributed by atoms with E-state index in [-0.39, 0.29) is 41.2 Å². The van der Waals surface area contributed by atoms with Crippen LogP contribution >= 0.6 is 8.25 Å². The number of hydrogen-bond donors (Lipinski definition) is 3. The molecule has 0 saturated carbocycles. The quantitative estimate of drug-likeness (QED) is 0.220. The second-order valence-electron chi connectivity index (χ2n) is 3.75. The van der Waals surface area contributed by atoms with Crippen molar-refractivity contribution >= 4 is 20.2 Å². The van der Waals surface area contributed by atoms with E-state index < -0.39 is 26.1 Å². The molecule has 0 radical (unpaired) electrons. The van der Waals surface area contributed by atoms with Crippen LogP contribution in [0.15, 0.2) is 0 Å². The Hall–Kier alpha value is -0.512. The Morgan fingerprint density at radius 2 is 1.65 bits per heavy atom. The summed E-state index contributed by atoms with van der Waals surface area (Å²) in [6, 6.07) is 0. The maximum Gasteiger partial charge on any atom is 2.00 e. The summed E-state index contributed by atoms with van der Waals surface area (Å²) in [5.41, 5.74) is 0. The van der Waals surface area contributed by atoms with E-state index in [9.17, 15) is 9.59 Å². The molecule has 0 fully saturated rings. The molecule has 0 rings (SSSR count). The second-order valence-corrected chi connectivity index (χ2v) is 4.36. The Bertz CT molecular complexity index is 326. The van der Waals surface area contributed by atoms with Crippen LogP contribution in [-0.2, 0) is 39.9 Å². The van der Waals surface area contributed by atoms with E-state index in [4.69, 9.17) is 24.9 Å². The topological polar surface area (TPSA) is 214 Å². The number of carboxylic acid groups (broad SMARTS) is 2. The van der Waals surface area contributed by atoms with Gasteiger partial charge in [-0.05, 0) is 30.6 Å². The first-order valence-corrected chi connectivity index (χ1v) is 7.00. The Kier molecular flexibility index (Phi) is 31.7. The first-order chi connectivity index (χ1) is 9.28. The van der Waals surface area contributed by atoms with Gasteiger partial charge in [0.2, 0.25) is 0 Å². The van der Waals surface area contributed by atoms with Gasteiger partial charge >= 0.3 is 41.3 Å². The molecular formula is C10H26N3O8PPt. The predicted octanol–water partition coefficient (Wildman–Crippen LogP) is 2.07. The maximum absolute atomic E-state index is 10.7. The van der Waals surface area contributed by atoms with Gasteiger partial charge in [0.15, 0.2) is 0 Å². The molecular weight excluding hydrogens is 516 g/mol. The fourth-order valence-corrected chi connectivity index (χ4v) is 1.40. The summed E-state index contributed by atoms with van der Waals surface area (Å²) in [6.45, 7) is 6.34. The van der Waals surface area contributed by atoms with Crippen molar-refractivity contribution in [3.63, 3.8) is 0 Å². The molecule has 0 saturated heterocycles. The standard InChI is InChI=1S/C10H19NO4.2H2N.HO4P.Pt.H2/c1-3-11(4-2)6-5-8(10(14)15)7-9(12)13;;;1-4-5(2)3;;/h8H,3-7H2,1-2H3,(H,12,13)(H,14,15);2*1H2;1H;;1H/q;2*-1;;+2;. The molecule has 0 amide bonds. The van der Waals surface area contributed by atoms with Gasteiger partial charge in [-0.1, -0.05) is 13.8 Å². The molecule has 0 aliphatic rings. The molecule has 144 valence electrons. The number of carboxylic acids is 2. The van der Waals surface area contributed by atoms with Gasteiger partial charge < -0.3 is 32.3 Å². The normalized spacial score (nSPS) is 10.7.